The first kappa shape index (κ1) is 14.7. The highest BCUT2D eigenvalue weighted by molar-refractivity contribution is 6.32. The zero-order valence-corrected chi connectivity index (χ0v) is 11.6. The van der Waals surface area contributed by atoms with Gasteiger partial charge in [0.15, 0.2) is 0 Å². The lowest BCUT2D eigenvalue weighted by atomic mass is 9.86. The molecule has 20 heavy (non-hydrogen) atoms. The standard InChI is InChI=1S/C13H16ClN3O3/c14-11-6-5-10(7-12(11)17(19)20)16-13(18)8-1-3-9(15)4-2-8/h5-9H,1-4,15H2,(H,16,18). The van der Waals surface area contributed by atoms with E-state index >= 15 is 0 Å². The van der Waals surface area contributed by atoms with E-state index < -0.39 is 4.92 Å². The minimum Gasteiger partial charge on any atom is -0.328 e. The number of hydrogen-bond acceptors (Lipinski definition) is 4. The van der Waals surface area contributed by atoms with Crippen molar-refractivity contribution in [2.45, 2.75) is 31.7 Å². The Bertz CT molecular complexity index is 528. The number of nitro groups is 1. The van der Waals surface area contributed by atoms with Gasteiger partial charge >= 0.3 is 0 Å². The molecule has 1 saturated carbocycles. The van der Waals surface area contributed by atoms with Crippen molar-refractivity contribution >= 4 is 28.9 Å². The molecule has 0 radical (unpaired) electrons. The summed E-state index contributed by atoms with van der Waals surface area (Å²) in [6, 6.07) is 4.42. The fourth-order valence-electron chi connectivity index (χ4n) is 2.36. The third-order valence-corrected chi connectivity index (χ3v) is 3.87. The molecule has 0 atom stereocenters. The number of halogens is 1. The maximum Gasteiger partial charge on any atom is 0.289 e. The molecular formula is C13H16ClN3O3. The Morgan fingerprint density at radius 3 is 2.60 bits per heavy atom. The average Bonchev–Trinajstić information content (AvgIpc) is 2.41. The molecule has 1 aliphatic rings. The van der Waals surface area contributed by atoms with Gasteiger partial charge in [0.25, 0.3) is 5.69 Å². The predicted molar refractivity (Wildman–Crippen MR) is 76.7 cm³/mol. The van der Waals surface area contributed by atoms with Crippen molar-refractivity contribution in [2.75, 3.05) is 5.32 Å². The molecule has 1 aromatic carbocycles. The van der Waals surface area contributed by atoms with Gasteiger partial charge < -0.3 is 11.1 Å². The van der Waals surface area contributed by atoms with E-state index in [9.17, 15) is 14.9 Å². The van der Waals surface area contributed by atoms with E-state index in [-0.39, 0.29) is 28.6 Å². The number of hydrogen-bond donors (Lipinski definition) is 2. The number of rotatable bonds is 3. The Balaban J connectivity index is 2.04. The number of carbonyl (C=O) groups excluding carboxylic acids is 1. The maximum absolute atomic E-state index is 12.1. The van der Waals surface area contributed by atoms with Crippen molar-refractivity contribution in [1.82, 2.24) is 0 Å². The number of benzene rings is 1. The van der Waals surface area contributed by atoms with Crippen molar-refractivity contribution in [3.63, 3.8) is 0 Å². The second-order valence-corrected chi connectivity index (χ2v) is 5.43. The number of anilines is 1. The molecule has 0 bridgehead atoms. The Hall–Kier alpha value is -1.66. The monoisotopic (exact) mass is 297 g/mol. The maximum atomic E-state index is 12.1. The minimum atomic E-state index is -0.572. The molecular weight excluding hydrogens is 282 g/mol. The number of amides is 1. The number of nitrogens with one attached hydrogen (secondary N) is 1. The van der Waals surface area contributed by atoms with Crippen LogP contribution in [0.2, 0.25) is 5.02 Å². The van der Waals surface area contributed by atoms with Gasteiger partial charge in [0, 0.05) is 23.7 Å². The molecule has 108 valence electrons. The fraction of sp³-hybridized carbons (Fsp3) is 0.462. The van der Waals surface area contributed by atoms with Crippen LogP contribution in [0.15, 0.2) is 18.2 Å². The van der Waals surface area contributed by atoms with Crippen molar-refractivity contribution in [1.29, 1.82) is 0 Å². The van der Waals surface area contributed by atoms with E-state index in [2.05, 4.69) is 5.32 Å². The molecule has 1 amide bonds. The highest BCUT2D eigenvalue weighted by Crippen LogP contribution is 2.29. The summed E-state index contributed by atoms with van der Waals surface area (Å²) in [5.74, 6) is -0.196. The summed E-state index contributed by atoms with van der Waals surface area (Å²) in [6.45, 7) is 0. The minimum absolute atomic E-state index is 0.0524. The third-order valence-electron chi connectivity index (χ3n) is 3.55. The van der Waals surface area contributed by atoms with E-state index in [0.29, 0.717) is 5.69 Å². The SMILES string of the molecule is NC1CCC(C(=O)Nc2ccc(Cl)c([N+](=O)[O-])c2)CC1. The highest BCUT2D eigenvalue weighted by Gasteiger charge is 2.25. The van der Waals surface area contributed by atoms with E-state index in [1.54, 1.807) is 6.07 Å². The van der Waals surface area contributed by atoms with E-state index in [1.807, 2.05) is 0 Å². The molecule has 0 unspecified atom stereocenters. The number of nitro benzene ring substituents is 1. The van der Waals surface area contributed by atoms with Gasteiger partial charge in [-0.2, -0.15) is 0 Å². The van der Waals surface area contributed by atoms with Crippen molar-refractivity contribution in [2.24, 2.45) is 11.7 Å². The smallest absolute Gasteiger partial charge is 0.289 e. The highest BCUT2D eigenvalue weighted by atomic mass is 35.5. The van der Waals surface area contributed by atoms with Crippen LogP contribution in [0.3, 0.4) is 0 Å². The summed E-state index contributed by atoms with van der Waals surface area (Å²) >= 11 is 5.72. The Morgan fingerprint density at radius 1 is 1.35 bits per heavy atom. The van der Waals surface area contributed by atoms with Crippen molar-refractivity contribution < 1.29 is 9.72 Å². The zero-order valence-electron chi connectivity index (χ0n) is 10.8. The molecule has 0 heterocycles. The molecule has 1 aromatic rings. The molecule has 0 aromatic heterocycles. The van der Waals surface area contributed by atoms with Crippen molar-refractivity contribution in [3.05, 3.63) is 33.3 Å². The van der Waals surface area contributed by atoms with Gasteiger partial charge in [-0.1, -0.05) is 11.6 Å². The zero-order chi connectivity index (χ0) is 14.7. The lowest BCUT2D eigenvalue weighted by Crippen LogP contribution is -2.32. The molecule has 0 aliphatic heterocycles. The summed E-state index contributed by atoms with van der Waals surface area (Å²) in [4.78, 5) is 22.3. The second-order valence-electron chi connectivity index (χ2n) is 5.02. The normalized spacial score (nSPS) is 22.3. The first-order valence-electron chi connectivity index (χ1n) is 6.47. The third kappa shape index (κ3) is 3.46. The molecule has 6 nitrogen and oxygen atoms in total. The number of carbonyl (C=O) groups is 1. The molecule has 0 saturated heterocycles. The van der Waals surface area contributed by atoms with Crippen molar-refractivity contribution in [3.8, 4) is 0 Å². The predicted octanol–water partition coefficient (Wildman–Crippen LogP) is 2.70. The van der Waals surface area contributed by atoms with Gasteiger partial charge in [0.05, 0.1) is 4.92 Å². The summed E-state index contributed by atoms with van der Waals surface area (Å²) in [6.07, 6.45) is 3.17. The van der Waals surface area contributed by atoms with Gasteiger partial charge in [0.1, 0.15) is 5.02 Å². The Kier molecular flexibility index (Phi) is 4.57. The summed E-state index contributed by atoms with van der Waals surface area (Å²) in [7, 11) is 0. The van der Waals surface area contributed by atoms with Gasteiger partial charge in [-0.3, -0.25) is 14.9 Å². The second kappa shape index (κ2) is 6.19. The van der Waals surface area contributed by atoms with E-state index in [0.717, 1.165) is 25.7 Å². The largest absolute Gasteiger partial charge is 0.328 e. The molecule has 1 aliphatic carbocycles. The van der Waals surface area contributed by atoms with Crippen LogP contribution in [0.4, 0.5) is 11.4 Å². The fourth-order valence-corrected chi connectivity index (χ4v) is 2.54. The average molecular weight is 298 g/mol. The Labute approximate surface area is 121 Å². The topological polar surface area (TPSA) is 98.3 Å². The summed E-state index contributed by atoms with van der Waals surface area (Å²) < 4.78 is 0. The quantitative estimate of drug-likeness (QED) is 0.662. The summed E-state index contributed by atoms with van der Waals surface area (Å²) in [5, 5.41) is 13.6. The number of nitrogens with two attached hydrogens (primary N) is 1. The molecule has 0 spiro atoms. The first-order chi connectivity index (χ1) is 9.47. The number of nitrogens with zero attached hydrogens (tertiary/aromatic N) is 1. The molecule has 3 N–H and O–H groups in total. The van der Waals surface area contributed by atoms with Gasteiger partial charge in [-0.05, 0) is 37.8 Å². The molecule has 2 rings (SSSR count). The van der Waals surface area contributed by atoms with Crippen LogP contribution >= 0.6 is 11.6 Å². The van der Waals surface area contributed by atoms with Gasteiger partial charge in [-0.15, -0.1) is 0 Å². The van der Waals surface area contributed by atoms with Crippen LogP contribution in [0.5, 0.6) is 0 Å². The lowest BCUT2D eigenvalue weighted by molar-refractivity contribution is -0.384. The van der Waals surface area contributed by atoms with Crippen LogP contribution in [0.1, 0.15) is 25.7 Å². The first-order valence-corrected chi connectivity index (χ1v) is 6.85. The van der Waals surface area contributed by atoms with Crippen LogP contribution < -0.4 is 11.1 Å². The van der Waals surface area contributed by atoms with E-state index in [1.165, 1.54) is 12.1 Å². The van der Waals surface area contributed by atoms with Crippen LogP contribution in [0.25, 0.3) is 0 Å². The van der Waals surface area contributed by atoms with Gasteiger partial charge in [0.2, 0.25) is 5.91 Å². The lowest BCUT2D eigenvalue weighted by Gasteiger charge is -2.25. The van der Waals surface area contributed by atoms with Gasteiger partial charge in [-0.25, -0.2) is 0 Å². The van der Waals surface area contributed by atoms with Crippen LogP contribution in [-0.2, 0) is 4.79 Å². The summed E-state index contributed by atoms with van der Waals surface area (Å²) in [5.41, 5.74) is 5.98. The van der Waals surface area contributed by atoms with E-state index in [4.69, 9.17) is 17.3 Å². The molecule has 7 heteroatoms. The van der Waals surface area contributed by atoms with Crippen LogP contribution in [-0.4, -0.2) is 16.9 Å². The Morgan fingerprint density at radius 2 is 2.00 bits per heavy atom. The molecule has 1 fully saturated rings. The van der Waals surface area contributed by atoms with Crippen LogP contribution in [0, 0.1) is 16.0 Å².